The molecular formula is C25H39N3O. The van der Waals surface area contributed by atoms with E-state index >= 15 is 0 Å². The van der Waals surface area contributed by atoms with Crippen molar-refractivity contribution in [3.63, 3.8) is 0 Å². The van der Waals surface area contributed by atoms with Crippen LogP contribution in [-0.4, -0.2) is 22.9 Å². The summed E-state index contributed by atoms with van der Waals surface area (Å²) in [4.78, 5) is 13.5. The molecule has 0 spiro atoms. The van der Waals surface area contributed by atoms with E-state index in [1.54, 1.807) is 5.01 Å². The Labute approximate surface area is 177 Å². The number of nitrogens with one attached hydrogen (secondary N) is 1. The van der Waals surface area contributed by atoms with E-state index in [4.69, 9.17) is 5.84 Å². The highest BCUT2D eigenvalue weighted by Gasteiger charge is 2.33. The maximum Gasteiger partial charge on any atom is 0.172 e. The Morgan fingerprint density at radius 2 is 1.83 bits per heavy atom. The van der Waals surface area contributed by atoms with Gasteiger partial charge in [0.1, 0.15) is 5.82 Å². The number of nitrogens with two attached hydrogens (primary N) is 1. The number of Topliss-reactive ketones (excluding diaryl/α,β-unsaturated/α-hetero) is 1. The van der Waals surface area contributed by atoms with Crippen molar-refractivity contribution in [2.45, 2.75) is 78.8 Å². The number of hydrogen-bond donors (Lipinski definition) is 2. The van der Waals surface area contributed by atoms with E-state index in [2.05, 4.69) is 32.2 Å². The summed E-state index contributed by atoms with van der Waals surface area (Å²) in [6.07, 6.45) is 9.89. The quantitative estimate of drug-likeness (QED) is 0.232. The Kier molecular flexibility index (Phi) is 9.90. The van der Waals surface area contributed by atoms with Gasteiger partial charge < -0.3 is 5.32 Å². The summed E-state index contributed by atoms with van der Waals surface area (Å²) in [6, 6.07) is 10.2. The molecule has 1 aromatic carbocycles. The van der Waals surface area contributed by atoms with Crippen molar-refractivity contribution in [2.75, 3.05) is 0 Å². The smallest absolute Gasteiger partial charge is 0.172 e. The fourth-order valence-corrected chi connectivity index (χ4v) is 3.12. The summed E-state index contributed by atoms with van der Waals surface area (Å²) < 4.78 is 0. The standard InChI is InChI=1S/C25H39N3O/c1-8-10-11-13-16-19(3)27-24(28(26)20(4)9-2)21(5)23(29)25(6,7)22-17-14-12-15-18-22/h8,10-15,17-20,27H,9,16,26H2,1-7H3/b10-8-,13-11-,24-21+. The second-order valence-corrected chi connectivity index (χ2v) is 8.19. The summed E-state index contributed by atoms with van der Waals surface area (Å²) in [5.41, 5.74) is 1.02. The number of carbonyl (C=O) groups is 1. The van der Waals surface area contributed by atoms with Crippen LogP contribution in [0.2, 0.25) is 0 Å². The van der Waals surface area contributed by atoms with Crippen LogP contribution in [0.4, 0.5) is 0 Å². The van der Waals surface area contributed by atoms with E-state index in [0.29, 0.717) is 11.4 Å². The van der Waals surface area contributed by atoms with Crippen molar-refractivity contribution >= 4 is 5.78 Å². The Balaban J connectivity index is 3.23. The number of rotatable bonds is 11. The third-order valence-electron chi connectivity index (χ3n) is 5.40. The van der Waals surface area contributed by atoms with Crippen LogP contribution in [0.25, 0.3) is 0 Å². The molecule has 1 rings (SSSR count). The minimum absolute atomic E-state index is 0.0709. The number of benzene rings is 1. The number of nitrogens with zero attached hydrogens (tertiary/aromatic N) is 1. The van der Waals surface area contributed by atoms with Crippen molar-refractivity contribution in [3.05, 3.63) is 71.6 Å². The van der Waals surface area contributed by atoms with Crippen molar-refractivity contribution in [2.24, 2.45) is 5.84 Å². The van der Waals surface area contributed by atoms with Gasteiger partial charge in [-0.3, -0.25) is 9.80 Å². The molecule has 3 N–H and O–H groups in total. The van der Waals surface area contributed by atoms with Gasteiger partial charge in [0.05, 0.1) is 5.41 Å². The lowest BCUT2D eigenvalue weighted by Gasteiger charge is -2.33. The van der Waals surface area contributed by atoms with Crippen LogP contribution in [0.3, 0.4) is 0 Å². The van der Waals surface area contributed by atoms with Crippen LogP contribution in [0, 0.1) is 0 Å². The van der Waals surface area contributed by atoms with Gasteiger partial charge in [-0.2, -0.15) is 0 Å². The van der Waals surface area contributed by atoms with Gasteiger partial charge in [0.15, 0.2) is 5.78 Å². The van der Waals surface area contributed by atoms with E-state index in [0.717, 1.165) is 18.4 Å². The van der Waals surface area contributed by atoms with Crippen LogP contribution in [0.5, 0.6) is 0 Å². The molecule has 0 fully saturated rings. The maximum atomic E-state index is 13.5. The molecule has 4 heteroatoms. The normalized spacial score (nSPS) is 15.3. The van der Waals surface area contributed by atoms with Gasteiger partial charge in [0.2, 0.25) is 0 Å². The number of carbonyl (C=O) groups excluding carboxylic acids is 1. The molecule has 2 atom stereocenters. The minimum Gasteiger partial charge on any atom is -0.368 e. The minimum atomic E-state index is -0.635. The van der Waals surface area contributed by atoms with Gasteiger partial charge in [-0.25, -0.2) is 5.84 Å². The van der Waals surface area contributed by atoms with Gasteiger partial charge in [-0.1, -0.05) is 61.6 Å². The first-order valence-electron chi connectivity index (χ1n) is 10.6. The van der Waals surface area contributed by atoms with Gasteiger partial charge >= 0.3 is 0 Å². The van der Waals surface area contributed by atoms with E-state index in [9.17, 15) is 4.79 Å². The molecular weight excluding hydrogens is 358 g/mol. The Hall–Kier alpha value is -2.33. The van der Waals surface area contributed by atoms with E-state index in [1.165, 1.54) is 0 Å². The molecule has 0 amide bonds. The zero-order valence-corrected chi connectivity index (χ0v) is 19.2. The molecule has 160 valence electrons. The molecule has 0 saturated carbocycles. The first-order chi connectivity index (χ1) is 13.7. The average molecular weight is 398 g/mol. The van der Waals surface area contributed by atoms with Crippen molar-refractivity contribution in [3.8, 4) is 0 Å². The lowest BCUT2D eigenvalue weighted by molar-refractivity contribution is -0.120. The molecule has 0 saturated heterocycles. The van der Waals surface area contributed by atoms with E-state index in [-0.39, 0.29) is 17.9 Å². The first-order valence-corrected chi connectivity index (χ1v) is 10.6. The molecule has 2 unspecified atom stereocenters. The second kappa shape index (κ2) is 11.6. The summed E-state index contributed by atoms with van der Waals surface area (Å²) >= 11 is 0. The molecule has 0 bridgehead atoms. The zero-order valence-electron chi connectivity index (χ0n) is 19.2. The number of allylic oxidation sites excluding steroid dienone is 4. The molecule has 0 aliphatic rings. The highest BCUT2D eigenvalue weighted by Crippen LogP contribution is 2.28. The summed E-state index contributed by atoms with van der Waals surface area (Å²) in [6.45, 7) is 14.1. The van der Waals surface area contributed by atoms with Crippen LogP contribution < -0.4 is 11.2 Å². The predicted molar refractivity (Wildman–Crippen MR) is 124 cm³/mol. The number of hydrazine groups is 1. The fraction of sp³-hybridized carbons (Fsp3) is 0.480. The third-order valence-corrected chi connectivity index (χ3v) is 5.40. The zero-order chi connectivity index (χ0) is 22.0. The lowest BCUT2D eigenvalue weighted by Crippen LogP contribution is -2.47. The van der Waals surface area contributed by atoms with Gasteiger partial charge in [-0.05, 0) is 59.9 Å². The first kappa shape index (κ1) is 24.7. The van der Waals surface area contributed by atoms with Crippen LogP contribution in [0.1, 0.15) is 66.9 Å². The Morgan fingerprint density at radius 3 is 2.38 bits per heavy atom. The van der Waals surface area contributed by atoms with E-state index < -0.39 is 5.41 Å². The lowest BCUT2D eigenvalue weighted by atomic mass is 9.78. The molecule has 0 heterocycles. The molecule has 4 nitrogen and oxygen atoms in total. The molecule has 29 heavy (non-hydrogen) atoms. The molecule has 0 aromatic heterocycles. The predicted octanol–water partition coefficient (Wildman–Crippen LogP) is 5.24. The van der Waals surface area contributed by atoms with Gasteiger partial charge in [-0.15, -0.1) is 0 Å². The third kappa shape index (κ3) is 6.90. The second-order valence-electron chi connectivity index (χ2n) is 8.19. The summed E-state index contributed by atoms with van der Waals surface area (Å²) in [5.74, 6) is 7.23. The molecule has 0 radical (unpaired) electrons. The Bertz CT molecular complexity index is 732. The summed E-state index contributed by atoms with van der Waals surface area (Å²) in [5, 5.41) is 5.21. The number of hydrogen-bond acceptors (Lipinski definition) is 4. The monoisotopic (exact) mass is 397 g/mol. The van der Waals surface area contributed by atoms with Gasteiger partial charge in [0, 0.05) is 17.7 Å². The average Bonchev–Trinajstić information content (AvgIpc) is 2.73. The molecule has 0 aliphatic carbocycles. The SMILES string of the molecule is C/C=C\C=C/CC(C)N/C(=C(/C)C(=O)C(C)(C)c1ccccc1)N(N)C(C)CC. The highest BCUT2D eigenvalue weighted by atomic mass is 16.1. The highest BCUT2D eigenvalue weighted by molar-refractivity contribution is 6.03. The van der Waals surface area contributed by atoms with Crippen molar-refractivity contribution in [1.29, 1.82) is 0 Å². The molecule has 0 aliphatic heterocycles. The Morgan fingerprint density at radius 1 is 1.21 bits per heavy atom. The van der Waals surface area contributed by atoms with Crippen LogP contribution in [0.15, 0.2) is 66.0 Å². The maximum absolute atomic E-state index is 13.5. The van der Waals surface area contributed by atoms with Gasteiger partial charge in [0.25, 0.3) is 0 Å². The fourth-order valence-electron chi connectivity index (χ4n) is 3.12. The largest absolute Gasteiger partial charge is 0.368 e. The van der Waals surface area contributed by atoms with Crippen molar-refractivity contribution in [1.82, 2.24) is 10.3 Å². The summed E-state index contributed by atoms with van der Waals surface area (Å²) in [7, 11) is 0. The number of ketones is 1. The molecule has 1 aromatic rings. The van der Waals surface area contributed by atoms with E-state index in [1.807, 2.05) is 76.3 Å². The topological polar surface area (TPSA) is 58.4 Å². The van der Waals surface area contributed by atoms with Crippen LogP contribution in [-0.2, 0) is 10.2 Å². The van der Waals surface area contributed by atoms with Crippen LogP contribution >= 0.6 is 0 Å². The van der Waals surface area contributed by atoms with Crippen molar-refractivity contribution < 1.29 is 4.79 Å².